The second kappa shape index (κ2) is 20.4. The van der Waals surface area contributed by atoms with Crippen LogP contribution >= 0.6 is 0 Å². The standard InChI is InChI=1S/C44H72O11/c1-11-33-16-14-12-13-15-27(4)41(50)43(10,52)42(51)32(9)40(49)31(8)39(48)30(7)38(47)26(3)17-20-37(46)53-36-24-44(54-34(19-18-33)29(36)6)22-21-25(2)35(55-44)23-28(5)45/h12-14,16-17,20,25-36,38,40-41,45,47,49-50,52H,11,15,18-19,21-24H2,1-10H3/b13-12+,16-14+,20-17+/t25-,26-,27+,28+,29+,30-,31-,32-,33-,34?,35-,36?,38+,40+,41-,43+,44-/m1/s1. The van der Waals surface area contributed by atoms with E-state index in [9.17, 15) is 39.9 Å². The molecule has 11 heteroatoms. The monoisotopic (exact) mass is 777 g/mol. The number of hydrogen-bond acceptors (Lipinski definition) is 11. The van der Waals surface area contributed by atoms with Gasteiger partial charge >= 0.3 is 5.97 Å². The molecule has 2 unspecified atom stereocenters. The van der Waals surface area contributed by atoms with Crippen molar-refractivity contribution >= 4 is 17.5 Å². The van der Waals surface area contributed by atoms with Crippen LogP contribution < -0.4 is 0 Å². The van der Waals surface area contributed by atoms with Crippen molar-refractivity contribution in [2.75, 3.05) is 0 Å². The first-order valence-corrected chi connectivity index (χ1v) is 20.8. The van der Waals surface area contributed by atoms with Gasteiger partial charge in [0.15, 0.2) is 11.6 Å². The largest absolute Gasteiger partial charge is 0.459 e. The summed E-state index contributed by atoms with van der Waals surface area (Å²) in [5.74, 6) is -6.86. The number of ether oxygens (including phenoxy) is 3. The van der Waals surface area contributed by atoms with Crippen molar-refractivity contribution in [3.05, 3.63) is 36.5 Å². The average molecular weight is 777 g/mol. The fourth-order valence-electron chi connectivity index (χ4n) is 8.60. The van der Waals surface area contributed by atoms with E-state index in [1.54, 1.807) is 20.8 Å². The van der Waals surface area contributed by atoms with Crippen molar-refractivity contribution in [1.82, 2.24) is 0 Å². The van der Waals surface area contributed by atoms with E-state index >= 15 is 0 Å². The molecule has 3 rings (SSSR count). The molecule has 55 heavy (non-hydrogen) atoms. The number of aliphatic hydroxyl groups excluding tert-OH is 4. The maximum absolute atomic E-state index is 13.5. The highest BCUT2D eigenvalue weighted by molar-refractivity contribution is 5.91. The van der Waals surface area contributed by atoms with Crippen LogP contribution in [0.25, 0.3) is 0 Å². The van der Waals surface area contributed by atoms with E-state index in [1.165, 1.54) is 39.8 Å². The summed E-state index contributed by atoms with van der Waals surface area (Å²) in [7, 11) is 0. The third-order valence-electron chi connectivity index (χ3n) is 12.9. The lowest BCUT2D eigenvalue weighted by Crippen LogP contribution is -2.57. The van der Waals surface area contributed by atoms with Gasteiger partial charge in [-0.25, -0.2) is 4.79 Å². The van der Waals surface area contributed by atoms with Crippen LogP contribution in [0.3, 0.4) is 0 Å². The van der Waals surface area contributed by atoms with E-state index in [-0.39, 0.29) is 30.0 Å². The third-order valence-corrected chi connectivity index (χ3v) is 12.9. The van der Waals surface area contributed by atoms with Gasteiger partial charge < -0.3 is 39.7 Å². The molecule has 1 spiro atoms. The molecule has 0 aromatic rings. The summed E-state index contributed by atoms with van der Waals surface area (Å²) in [6, 6.07) is 0. The number of allylic oxidation sites excluding steroid dienone is 4. The highest BCUT2D eigenvalue weighted by Crippen LogP contribution is 2.46. The van der Waals surface area contributed by atoms with Crippen LogP contribution in [0.4, 0.5) is 0 Å². The van der Waals surface area contributed by atoms with E-state index in [4.69, 9.17) is 14.2 Å². The molecule has 0 amide bonds. The molecule has 0 radical (unpaired) electrons. The molecule has 17 atom stereocenters. The second-order valence-electron chi connectivity index (χ2n) is 17.6. The van der Waals surface area contributed by atoms with Crippen LogP contribution in [0.15, 0.2) is 36.5 Å². The van der Waals surface area contributed by atoms with Gasteiger partial charge in [0.05, 0.1) is 36.6 Å². The zero-order valence-electron chi connectivity index (χ0n) is 35.0. The van der Waals surface area contributed by atoms with Gasteiger partial charge in [-0.1, -0.05) is 85.8 Å². The first kappa shape index (κ1) is 47.1. The van der Waals surface area contributed by atoms with Crippen LogP contribution in [0, 0.1) is 47.3 Å². The van der Waals surface area contributed by atoms with E-state index in [1.807, 2.05) is 25.2 Å². The fourth-order valence-corrected chi connectivity index (χ4v) is 8.60. The van der Waals surface area contributed by atoms with Crippen LogP contribution in [-0.4, -0.2) is 97.2 Å². The molecule has 0 aromatic carbocycles. The Kier molecular flexibility index (Phi) is 17.5. The van der Waals surface area contributed by atoms with Crippen molar-refractivity contribution in [3.8, 4) is 0 Å². The maximum atomic E-state index is 13.5. The zero-order chi connectivity index (χ0) is 41.4. The highest BCUT2D eigenvalue weighted by Gasteiger charge is 2.51. The Morgan fingerprint density at radius 3 is 2.13 bits per heavy atom. The minimum atomic E-state index is -2.18. The summed E-state index contributed by atoms with van der Waals surface area (Å²) in [4.78, 5) is 40.3. The predicted octanol–water partition coefficient (Wildman–Crippen LogP) is 5.64. The lowest BCUT2D eigenvalue weighted by Gasteiger charge is -2.52. The highest BCUT2D eigenvalue weighted by atomic mass is 16.7. The van der Waals surface area contributed by atoms with Crippen molar-refractivity contribution in [1.29, 1.82) is 0 Å². The Balaban J connectivity index is 1.95. The third kappa shape index (κ3) is 12.1. The SMILES string of the molecule is CC[C@@H]1/C=C/C=C/C[C@H](C)[C@@H](O)[C@](C)(O)C(=O)[C@H](C)[C@@H](O)[C@H](C)C(=O)[C@H](C)[C@@H](O)[C@H](C)/C=C/C(=O)OC2C[C@]3(CC[C@@H](C)[C@@H](C[C@H](C)O)O3)OC(CC1)[C@@H]2C. The summed E-state index contributed by atoms with van der Waals surface area (Å²) in [5.41, 5.74) is -2.18. The molecule has 2 saturated heterocycles. The summed E-state index contributed by atoms with van der Waals surface area (Å²) in [6.07, 6.45) is 10.1. The molecule has 2 fully saturated rings. The Morgan fingerprint density at radius 1 is 0.836 bits per heavy atom. The van der Waals surface area contributed by atoms with Gasteiger partial charge in [0, 0.05) is 48.5 Å². The lowest BCUT2D eigenvalue weighted by atomic mass is 9.75. The first-order chi connectivity index (χ1) is 25.6. The van der Waals surface area contributed by atoms with Gasteiger partial charge in [0.1, 0.15) is 17.5 Å². The minimum absolute atomic E-state index is 0.144. The van der Waals surface area contributed by atoms with Crippen LogP contribution in [0.2, 0.25) is 0 Å². The van der Waals surface area contributed by atoms with Gasteiger partial charge in [-0.2, -0.15) is 0 Å². The summed E-state index contributed by atoms with van der Waals surface area (Å²) in [6.45, 7) is 17.1. The van der Waals surface area contributed by atoms with E-state index in [0.29, 0.717) is 32.1 Å². The molecule has 3 aliphatic rings. The number of carbonyl (C=O) groups is 3. The number of fused-ring (bicyclic) bond motifs is 2. The molecule has 0 aromatic heterocycles. The molecular weight excluding hydrogens is 704 g/mol. The number of esters is 1. The Hall–Kier alpha value is -2.25. The zero-order valence-corrected chi connectivity index (χ0v) is 35.0. The molecule has 314 valence electrons. The van der Waals surface area contributed by atoms with Gasteiger partial charge in [-0.05, 0) is 70.1 Å². The normalized spacial score (nSPS) is 46.1. The lowest BCUT2D eigenvalue weighted by molar-refractivity contribution is -0.347. The number of aliphatic hydroxyl groups is 5. The molecule has 5 N–H and O–H groups in total. The fraction of sp³-hybridized carbons (Fsp3) is 0.795. The smallest absolute Gasteiger partial charge is 0.330 e. The van der Waals surface area contributed by atoms with Crippen molar-refractivity contribution in [2.24, 2.45) is 47.3 Å². The molecular formula is C44H72O11. The Labute approximate surface area is 329 Å². The quantitative estimate of drug-likeness (QED) is 0.224. The van der Waals surface area contributed by atoms with Crippen molar-refractivity contribution < 1.29 is 54.1 Å². The van der Waals surface area contributed by atoms with Crippen molar-refractivity contribution in [2.45, 2.75) is 175 Å². The molecule has 11 nitrogen and oxygen atoms in total. The number of carbonyl (C=O) groups excluding carboxylic acids is 3. The van der Waals surface area contributed by atoms with Crippen molar-refractivity contribution in [3.63, 3.8) is 0 Å². The molecule has 2 bridgehead atoms. The number of rotatable bonds is 3. The predicted molar refractivity (Wildman–Crippen MR) is 210 cm³/mol. The Bertz CT molecular complexity index is 1350. The first-order valence-electron chi connectivity index (χ1n) is 20.8. The summed E-state index contributed by atoms with van der Waals surface area (Å²) < 4.78 is 19.7. The van der Waals surface area contributed by atoms with E-state index < -0.39 is 89.0 Å². The van der Waals surface area contributed by atoms with Gasteiger partial charge in [-0.15, -0.1) is 0 Å². The number of hydrogen-bond donors (Lipinski definition) is 5. The van der Waals surface area contributed by atoms with E-state index in [2.05, 4.69) is 19.9 Å². The van der Waals surface area contributed by atoms with Gasteiger partial charge in [0.25, 0.3) is 0 Å². The average Bonchev–Trinajstić information content (AvgIpc) is 3.14. The second-order valence-corrected chi connectivity index (χ2v) is 17.6. The minimum Gasteiger partial charge on any atom is -0.459 e. The van der Waals surface area contributed by atoms with Crippen LogP contribution in [0.5, 0.6) is 0 Å². The number of ketones is 2. The van der Waals surface area contributed by atoms with Crippen LogP contribution in [0.1, 0.15) is 121 Å². The molecule has 0 saturated carbocycles. The maximum Gasteiger partial charge on any atom is 0.330 e. The number of Topliss-reactive ketones (excluding diaryl/α,β-unsaturated/α-hetero) is 2. The summed E-state index contributed by atoms with van der Waals surface area (Å²) in [5, 5.41) is 54.9. The Morgan fingerprint density at radius 2 is 1.49 bits per heavy atom. The van der Waals surface area contributed by atoms with Crippen LogP contribution in [-0.2, 0) is 28.6 Å². The topological polar surface area (TPSA) is 180 Å². The van der Waals surface area contributed by atoms with Gasteiger partial charge in [0.2, 0.25) is 0 Å². The molecule has 0 aliphatic carbocycles. The molecule has 3 aliphatic heterocycles. The summed E-state index contributed by atoms with van der Waals surface area (Å²) >= 11 is 0. The van der Waals surface area contributed by atoms with E-state index in [0.717, 1.165) is 19.3 Å². The molecule has 3 heterocycles. The van der Waals surface area contributed by atoms with Gasteiger partial charge in [-0.3, -0.25) is 9.59 Å².